The summed E-state index contributed by atoms with van der Waals surface area (Å²) in [6.07, 6.45) is 1.72. The zero-order valence-corrected chi connectivity index (χ0v) is 14.4. The summed E-state index contributed by atoms with van der Waals surface area (Å²) in [5.74, 6) is -0.347. The van der Waals surface area contributed by atoms with Crippen LogP contribution in [0.15, 0.2) is 47.5 Å². The number of rotatable bonds is 5. The fourth-order valence-electron chi connectivity index (χ4n) is 2.59. The lowest BCUT2D eigenvalue weighted by atomic mass is 9.94. The lowest BCUT2D eigenvalue weighted by Gasteiger charge is -2.13. The molecule has 1 atom stereocenters. The molecule has 0 bridgehead atoms. The first kappa shape index (κ1) is 17.2. The average molecular weight is 357 g/mol. The third-order valence-electron chi connectivity index (χ3n) is 3.86. The molecule has 0 amide bonds. The van der Waals surface area contributed by atoms with E-state index in [9.17, 15) is 4.79 Å². The minimum absolute atomic E-state index is 0.0587. The van der Waals surface area contributed by atoms with E-state index in [0.29, 0.717) is 23.1 Å². The molecular weight excluding hydrogens is 340 g/mol. The quantitative estimate of drug-likeness (QED) is 0.646. The van der Waals surface area contributed by atoms with Gasteiger partial charge in [0.2, 0.25) is 0 Å². The summed E-state index contributed by atoms with van der Waals surface area (Å²) >= 11 is 5.89. The number of carbonyl (C=O) groups excluding carboxylic acids is 1. The number of aliphatic imine (C=N–C) groups is 1. The fraction of sp³-hybridized carbons (Fsp3) is 0.211. The van der Waals surface area contributed by atoms with Gasteiger partial charge in [-0.15, -0.1) is 0 Å². The van der Waals surface area contributed by atoms with Crippen molar-refractivity contribution in [3.63, 3.8) is 0 Å². The van der Waals surface area contributed by atoms with Crippen molar-refractivity contribution in [2.24, 2.45) is 4.99 Å². The molecule has 1 unspecified atom stereocenters. The standard InChI is InChI=1S/C19H17ClN2O3/c1-2-24-14-7-8-17(22-10-12-3-5-13(20)6-4-12)15(9-14)16-11-25-19(23)18(16)21/h3-10,16,21H,2,11H2,1H3. The van der Waals surface area contributed by atoms with Gasteiger partial charge >= 0.3 is 5.97 Å². The van der Waals surface area contributed by atoms with Crippen molar-refractivity contribution in [3.05, 3.63) is 58.6 Å². The number of nitrogens with zero attached hydrogens (tertiary/aromatic N) is 1. The number of benzene rings is 2. The smallest absolute Gasteiger partial charge is 0.352 e. The van der Waals surface area contributed by atoms with Crippen molar-refractivity contribution in [1.82, 2.24) is 0 Å². The SMILES string of the molecule is CCOc1ccc(N=Cc2ccc(Cl)cc2)c(C2COC(=O)C2=N)c1. The molecule has 2 aromatic rings. The van der Waals surface area contributed by atoms with E-state index in [1.807, 2.05) is 37.3 Å². The highest BCUT2D eigenvalue weighted by molar-refractivity contribution is 6.39. The van der Waals surface area contributed by atoms with Crippen molar-refractivity contribution in [1.29, 1.82) is 5.41 Å². The van der Waals surface area contributed by atoms with E-state index < -0.39 is 11.9 Å². The van der Waals surface area contributed by atoms with Gasteiger partial charge in [0.05, 0.1) is 18.2 Å². The molecule has 0 aliphatic carbocycles. The maximum Gasteiger partial charge on any atom is 0.352 e. The third-order valence-corrected chi connectivity index (χ3v) is 4.11. The minimum atomic E-state index is -0.584. The van der Waals surface area contributed by atoms with Gasteiger partial charge in [-0.3, -0.25) is 10.4 Å². The molecule has 6 heteroatoms. The van der Waals surface area contributed by atoms with E-state index in [4.69, 9.17) is 26.5 Å². The first-order chi connectivity index (χ1) is 12.1. The maximum absolute atomic E-state index is 11.6. The molecular formula is C19H17ClN2O3. The molecule has 0 saturated carbocycles. The normalized spacial score (nSPS) is 17.1. The van der Waals surface area contributed by atoms with Crippen LogP contribution in [0, 0.1) is 5.41 Å². The summed E-state index contributed by atoms with van der Waals surface area (Å²) < 4.78 is 10.5. The predicted octanol–water partition coefficient (Wildman–Crippen LogP) is 4.15. The van der Waals surface area contributed by atoms with Crippen LogP contribution in [0.1, 0.15) is 24.0 Å². The number of cyclic esters (lactones) is 1. The Balaban J connectivity index is 1.96. The molecule has 1 aliphatic heterocycles. The second-order valence-electron chi connectivity index (χ2n) is 5.53. The Labute approximate surface area is 150 Å². The summed E-state index contributed by atoms with van der Waals surface area (Å²) in [7, 11) is 0. The van der Waals surface area contributed by atoms with Crippen LogP contribution < -0.4 is 4.74 Å². The van der Waals surface area contributed by atoms with Crippen molar-refractivity contribution >= 4 is 35.2 Å². The topological polar surface area (TPSA) is 71.7 Å². The van der Waals surface area contributed by atoms with Crippen LogP contribution in [-0.2, 0) is 9.53 Å². The molecule has 0 aromatic heterocycles. The summed E-state index contributed by atoms with van der Waals surface area (Å²) in [4.78, 5) is 16.1. The molecule has 0 spiro atoms. The lowest BCUT2D eigenvalue weighted by Crippen LogP contribution is -2.12. The van der Waals surface area contributed by atoms with Gasteiger partial charge in [0.15, 0.2) is 0 Å². The van der Waals surface area contributed by atoms with E-state index in [1.54, 1.807) is 18.3 Å². The summed E-state index contributed by atoms with van der Waals surface area (Å²) in [6.45, 7) is 2.58. The highest BCUT2D eigenvalue weighted by Gasteiger charge is 2.34. The van der Waals surface area contributed by atoms with Crippen molar-refractivity contribution in [3.8, 4) is 5.75 Å². The van der Waals surface area contributed by atoms with Crippen molar-refractivity contribution in [2.75, 3.05) is 13.2 Å². The molecule has 1 N–H and O–H groups in total. The van der Waals surface area contributed by atoms with Crippen LogP contribution in [0.25, 0.3) is 0 Å². The van der Waals surface area contributed by atoms with Crippen LogP contribution >= 0.6 is 11.6 Å². The summed E-state index contributed by atoms with van der Waals surface area (Å²) in [6, 6.07) is 12.8. The summed E-state index contributed by atoms with van der Waals surface area (Å²) in [5.41, 5.74) is 2.26. The van der Waals surface area contributed by atoms with Gasteiger partial charge < -0.3 is 9.47 Å². The van der Waals surface area contributed by atoms with Crippen molar-refractivity contribution in [2.45, 2.75) is 12.8 Å². The first-order valence-corrected chi connectivity index (χ1v) is 8.28. The second-order valence-corrected chi connectivity index (χ2v) is 5.96. The van der Waals surface area contributed by atoms with Gasteiger partial charge in [-0.1, -0.05) is 23.7 Å². The molecule has 3 rings (SSSR count). The van der Waals surface area contributed by atoms with Crippen LogP contribution in [0.2, 0.25) is 5.02 Å². The number of nitrogens with one attached hydrogen (secondary N) is 1. The number of hydrogen-bond acceptors (Lipinski definition) is 5. The highest BCUT2D eigenvalue weighted by Crippen LogP contribution is 2.34. The van der Waals surface area contributed by atoms with Crippen LogP contribution in [-0.4, -0.2) is 31.1 Å². The first-order valence-electron chi connectivity index (χ1n) is 7.90. The molecule has 2 aromatic carbocycles. The van der Waals surface area contributed by atoms with E-state index >= 15 is 0 Å². The largest absolute Gasteiger partial charge is 0.494 e. The lowest BCUT2D eigenvalue weighted by molar-refractivity contribution is -0.132. The molecule has 25 heavy (non-hydrogen) atoms. The minimum Gasteiger partial charge on any atom is -0.494 e. The maximum atomic E-state index is 11.6. The van der Waals surface area contributed by atoms with Crippen LogP contribution in [0.4, 0.5) is 5.69 Å². The monoisotopic (exact) mass is 356 g/mol. The third kappa shape index (κ3) is 3.88. The predicted molar refractivity (Wildman–Crippen MR) is 97.7 cm³/mol. The number of halogens is 1. The number of esters is 1. The Morgan fingerprint density at radius 2 is 2.08 bits per heavy atom. The molecule has 1 heterocycles. The molecule has 1 aliphatic rings. The zero-order chi connectivity index (χ0) is 17.8. The Hall–Kier alpha value is -2.66. The average Bonchev–Trinajstić information content (AvgIpc) is 2.94. The number of ether oxygens (including phenoxy) is 2. The van der Waals surface area contributed by atoms with E-state index in [-0.39, 0.29) is 12.3 Å². The van der Waals surface area contributed by atoms with Gasteiger partial charge in [-0.05, 0) is 48.4 Å². The second kappa shape index (κ2) is 7.49. The summed E-state index contributed by atoms with van der Waals surface area (Å²) in [5, 5.41) is 8.62. The molecule has 1 fully saturated rings. The van der Waals surface area contributed by atoms with Crippen LogP contribution in [0.5, 0.6) is 5.75 Å². The van der Waals surface area contributed by atoms with E-state index in [2.05, 4.69) is 4.99 Å². The number of hydrogen-bond donors (Lipinski definition) is 1. The van der Waals surface area contributed by atoms with E-state index in [0.717, 1.165) is 11.1 Å². The van der Waals surface area contributed by atoms with Gasteiger partial charge in [0.1, 0.15) is 18.1 Å². The Morgan fingerprint density at radius 3 is 2.72 bits per heavy atom. The zero-order valence-electron chi connectivity index (χ0n) is 13.7. The molecule has 0 radical (unpaired) electrons. The Morgan fingerprint density at radius 1 is 1.32 bits per heavy atom. The van der Waals surface area contributed by atoms with Gasteiger partial charge in [-0.2, -0.15) is 0 Å². The van der Waals surface area contributed by atoms with Gasteiger partial charge in [0, 0.05) is 11.2 Å². The molecule has 128 valence electrons. The molecule has 5 nitrogen and oxygen atoms in total. The number of carbonyl (C=O) groups is 1. The Kier molecular flexibility index (Phi) is 5.14. The van der Waals surface area contributed by atoms with Gasteiger partial charge in [-0.25, -0.2) is 4.79 Å². The van der Waals surface area contributed by atoms with Crippen molar-refractivity contribution < 1.29 is 14.3 Å². The van der Waals surface area contributed by atoms with E-state index in [1.165, 1.54) is 0 Å². The molecule has 1 saturated heterocycles. The van der Waals surface area contributed by atoms with Crippen LogP contribution in [0.3, 0.4) is 0 Å². The fourth-order valence-corrected chi connectivity index (χ4v) is 2.71. The Bertz CT molecular complexity index is 831. The highest BCUT2D eigenvalue weighted by atomic mass is 35.5. The van der Waals surface area contributed by atoms with Gasteiger partial charge in [0.25, 0.3) is 0 Å².